The van der Waals surface area contributed by atoms with Gasteiger partial charge in [0.25, 0.3) is 5.91 Å². The first-order valence-electron chi connectivity index (χ1n) is 11.4. The highest BCUT2D eigenvalue weighted by molar-refractivity contribution is 9.10. The van der Waals surface area contributed by atoms with Gasteiger partial charge in [-0.15, -0.1) is 0 Å². The lowest BCUT2D eigenvalue weighted by Crippen LogP contribution is -2.18. The molecule has 1 amide bonds. The second kappa shape index (κ2) is 12.1. The van der Waals surface area contributed by atoms with E-state index in [4.69, 9.17) is 14.5 Å². The Labute approximate surface area is 222 Å². The lowest BCUT2D eigenvalue weighted by molar-refractivity contribution is -0.142. The summed E-state index contributed by atoms with van der Waals surface area (Å²) in [6.45, 7) is 1.96. The number of methoxy groups -OCH3 is 1. The number of hydrogen-bond donors (Lipinski definition) is 1. The van der Waals surface area contributed by atoms with E-state index in [1.54, 1.807) is 18.2 Å². The zero-order valence-corrected chi connectivity index (χ0v) is 21.8. The summed E-state index contributed by atoms with van der Waals surface area (Å²) in [6.07, 6.45) is 1.50. The van der Waals surface area contributed by atoms with Gasteiger partial charge in [-0.2, -0.15) is 5.10 Å². The predicted octanol–water partition coefficient (Wildman–Crippen LogP) is 5.38. The largest absolute Gasteiger partial charge is 0.490 e. The number of pyridine rings is 1. The highest BCUT2D eigenvalue weighted by Crippen LogP contribution is 2.36. The Kier molecular flexibility index (Phi) is 8.48. The van der Waals surface area contributed by atoms with Gasteiger partial charge in [0.2, 0.25) is 0 Å². The van der Waals surface area contributed by atoms with Crippen LogP contribution in [-0.4, -0.2) is 43.4 Å². The van der Waals surface area contributed by atoms with Gasteiger partial charge in [-0.3, -0.25) is 4.79 Å². The van der Waals surface area contributed by atoms with E-state index in [1.165, 1.54) is 13.3 Å². The summed E-state index contributed by atoms with van der Waals surface area (Å²) < 4.78 is 16.4. The average molecular weight is 562 g/mol. The van der Waals surface area contributed by atoms with E-state index in [9.17, 15) is 9.59 Å². The topological polar surface area (TPSA) is 99.1 Å². The first-order valence-corrected chi connectivity index (χ1v) is 12.2. The molecule has 0 radical (unpaired) electrons. The fourth-order valence-electron chi connectivity index (χ4n) is 3.60. The van der Waals surface area contributed by atoms with Gasteiger partial charge in [0, 0.05) is 10.9 Å². The monoisotopic (exact) mass is 561 g/mol. The van der Waals surface area contributed by atoms with Gasteiger partial charge in [-0.05, 0) is 52.7 Å². The van der Waals surface area contributed by atoms with Crippen molar-refractivity contribution in [3.05, 3.63) is 88.4 Å². The molecule has 0 aliphatic rings. The zero-order valence-electron chi connectivity index (χ0n) is 20.2. The molecule has 0 unspecified atom stereocenters. The number of hydrazone groups is 1. The van der Waals surface area contributed by atoms with Crippen LogP contribution in [0, 0.1) is 0 Å². The molecule has 1 heterocycles. The van der Waals surface area contributed by atoms with Crippen LogP contribution < -0.4 is 14.9 Å². The number of rotatable bonds is 9. The minimum absolute atomic E-state index is 0.260. The molecule has 0 aliphatic carbocycles. The number of aromatic nitrogens is 1. The summed E-state index contributed by atoms with van der Waals surface area (Å²) in [4.78, 5) is 29.3. The third-order valence-corrected chi connectivity index (χ3v) is 5.89. The number of hydrogen-bond acceptors (Lipinski definition) is 7. The number of nitrogens with one attached hydrogen (secondary N) is 1. The fourth-order valence-corrected chi connectivity index (χ4v) is 4.18. The summed E-state index contributed by atoms with van der Waals surface area (Å²) in [6, 6.07) is 22.4. The van der Waals surface area contributed by atoms with Crippen molar-refractivity contribution in [2.75, 3.05) is 20.3 Å². The molecule has 0 fully saturated rings. The van der Waals surface area contributed by atoms with E-state index >= 15 is 0 Å². The Morgan fingerprint density at radius 1 is 1.03 bits per heavy atom. The molecular weight excluding hydrogens is 538 g/mol. The second-order valence-electron chi connectivity index (χ2n) is 7.77. The SMILES string of the molecule is CCOc1cc(/C=N/NC(=O)c2cc(-c3ccccc3)nc3ccccc23)cc(Br)c1OCC(=O)OC. The molecule has 0 spiro atoms. The fraction of sp³-hybridized carbons (Fsp3) is 0.143. The van der Waals surface area contributed by atoms with Crippen LogP contribution in [0.4, 0.5) is 0 Å². The minimum atomic E-state index is -0.512. The number of fused-ring (bicyclic) bond motifs is 1. The highest BCUT2D eigenvalue weighted by atomic mass is 79.9. The van der Waals surface area contributed by atoms with Gasteiger partial charge in [0.05, 0.1) is 41.2 Å². The molecule has 3 aromatic carbocycles. The molecule has 0 aliphatic heterocycles. The van der Waals surface area contributed by atoms with Crippen molar-refractivity contribution in [2.24, 2.45) is 5.10 Å². The van der Waals surface area contributed by atoms with E-state index in [-0.39, 0.29) is 12.5 Å². The van der Waals surface area contributed by atoms with Gasteiger partial charge in [-0.1, -0.05) is 48.5 Å². The third kappa shape index (κ3) is 6.31. The van der Waals surface area contributed by atoms with Crippen LogP contribution in [0.25, 0.3) is 22.2 Å². The molecule has 4 aromatic rings. The number of benzene rings is 3. The maximum absolute atomic E-state index is 13.2. The smallest absolute Gasteiger partial charge is 0.343 e. The number of esters is 1. The van der Waals surface area contributed by atoms with Gasteiger partial charge in [0.1, 0.15) is 0 Å². The Hall–Kier alpha value is -4.24. The Morgan fingerprint density at radius 2 is 1.78 bits per heavy atom. The normalized spacial score (nSPS) is 10.9. The summed E-state index contributed by atoms with van der Waals surface area (Å²) in [5.74, 6) is -0.0952. The number of para-hydroxylation sites is 1. The van der Waals surface area contributed by atoms with E-state index < -0.39 is 5.97 Å². The molecular formula is C28H24BrN3O5. The minimum Gasteiger partial charge on any atom is -0.490 e. The quantitative estimate of drug-likeness (QED) is 0.167. The molecule has 1 aromatic heterocycles. The van der Waals surface area contributed by atoms with Crippen LogP contribution in [0.1, 0.15) is 22.8 Å². The van der Waals surface area contributed by atoms with Crippen LogP contribution in [0.15, 0.2) is 82.4 Å². The molecule has 0 saturated carbocycles. The number of nitrogens with zero attached hydrogens (tertiary/aromatic N) is 2. The van der Waals surface area contributed by atoms with Crippen molar-refractivity contribution in [3.63, 3.8) is 0 Å². The number of ether oxygens (including phenoxy) is 3. The zero-order chi connectivity index (χ0) is 26.2. The van der Waals surface area contributed by atoms with Crippen LogP contribution in [0.3, 0.4) is 0 Å². The average Bonchev–Trinajstić information content (AvgIpc) is 2.92. The summed E-state index contributed by atoms with van der Waals surface area (Å²) in [5.41, 5.74) is 6.03. The Bertz CT molecular complexity index is 1460. The first-order chi connectivity index (χ1) is 18.0. The van der Waals surface area contributed by atoms with Gasteiger partial charge in [0.15, 0.2) is 18.1 Å². The lowest BCUT2D eigenvalue weighted by Gasteiger charge is -2.14. The van der Waals surface area contributed by atoms with Crippen LogP contribution in [0.5, 0.6) is 11.5 Å². The molecule has 8 nitrogen and oxygen atoms in total. The number of amides is 1. The van der Waals surface area contributed by atoms with Gasteiger partial charge >= 0.3 is 5.97 Å². The molecule has 0 atom stereocenters. The maximum atomic E-state index is 13.2. The lowest BCUT2D eigenvalue weighted by atomic mass is 10.0. The molecule has 9 heteroatoms. The van der Waals surface area contributed by atoms with Gasteiger partial charge < -0.3 is 14.2 Å². The van der Waals surface area contributed by atoms with Crippen molar-refractivity contribution in [3.8, 4) is 22.8 Å². The van der Waals surface area contributed by atoms with E-state index in [2.05, 4.69) is 31.2 Å². The van der Waals surface area contributed by atoms with E-state index in [0.717, 1.165) is 10.9 Å². The molecule has 188 valence electrons. The summed E-state index contributed by atoms with van der Waals surface area (Å²) in [5, 5.41) is 4.88. The second-order valence-corrected chi connectivity index (χ2v) is 8.62. The number of halogens is 1. The molecule has 37 heavy (non-hydrogen) atoms. The molecule has 4 rings (SSSR count). The van der Waals surface area contributed by atoms with E-state index in [0.29, 0.717) is 44.9 Å². The van der Waals surface area contributed by atoms with Crippen molar-refractivity contribution in [1.29, 1.82) is 0 Å². The van der Waals surface area contributed by atoms with Crippen LogP contribution in [0.2, 0.25) is 0 Å². The molecule has 1 N–H and O–H groups in total. The summed E-state index contributed by atoms with van der Waals surface area (Å²) >= 11 is 3.44. The van der Waals surface area contributed by atoms with Crippen molar-refractivity contribution in [1.82, 2.24) is 10.4 Å². The van der Waals surface area contributed by atoms with Gasteiger partial charge in [-0.25, -0.2) is 15.2 Å². The third-order valence-electron chi connectivity index (χ3n) is 5.30. The highest BCUT2D eigenvalue weighted by Gasteiger charge is 2.15. The summed E-state index contributed by atoms with van der Waals surface area (Å²) in [7, 11) is 1.29. The maximum Gasteiger partial charge on any atom is 0.343 e. The van der Waals surface area contributed by atoms with Crippen LogP contribution in [-0.2, 0) is 9.53 Å². The van der Waals surface area contributed by atoms with Crippen molar-refractivity contribution >= 4 is 44.9 Å². The van der Waals surface area contributed by atoms with Crippen LogP contribution >= 0.6 is 15.9 Å². The number of carbonyl (C=O) groups excluding carboxylic acids is 2. The predicted molar refractivity (Wildman–Crippen MR) is 145 cm³/mol. The Balaban J connectivity index is 1.58. The van der Waals surface area contributed by atoms with Crippen molar-refractivity contribution < 1.29 is 23.8 Å². The molecule has 0 bridgehead atoms. The van der Waals surface area contributed by atoms with E-state index in [1.807, 2.05) is 61.5 Å². The molecule has 0 saturated heterocycles. The number of carbonyl (C=O) groups is 2. The van der Waals surface area contributed by atoms with Crippen molar-refractivity contribution in [2.45, 2.75) is 6.92 Å². The Morgan fingerprint density at radius 3 is 2.54 bits per heavy atom. The standard InChI is InChI=1S/C28H24BrN3O5/c1-3-36-25-14-18(13-22(29)27(25)37-17-26(33)35-2)16-30-32-28(34)21-15-24(19-9-5-4-6-10-19)31-23-12-8-7-11-20(21)23/h4-16H,3,17H2,1-2H3,(H,32,34)/b30-16+. The first kappa shape index (κ1) is 25.8.